The lowest BCUT2D eigenvalue weighted by Gasteiger charge is -2.21. The molecule has 1 heterocycles. The van der Waals surface area contributed by atoms with Gasteiger partial charge in [-0.3, -0.25) is 14.4 Å². The highest BCUT2D eigenvalue weighted by molar-refractivity contribution is 5.96. The first-order valence-electron chi connectivity index (χ1n) is 10.8. The number of carbonyl (C=O) groups excluding carboxylic acids is 3. The molecule has 1 saturated heterocycles. The Labute approximate surface area is 195 Å². The van der Waals surface area contributed by atoms with Gasteiger partial charge in [-0.25, -0.2) is 4.79 Å². The second-order valence-electron chi connectivity index (χ2n) is 8.15. The van der Waals surface area contributed by atoms with Gasteiger partial charge in [0.1, 0.15) is 24.6 Å². The van der Waals surface area contributed by atoms with Crippen LogP contribution in [0.25, 0.3) is 11.1 Å². The maximum atomic E-state index is 12.7. The highest BCUT2D eigenvalue weighted by Gasteiger charge is 2.41. The molecule has 0 radical (unpaired) electrons. The van der Waals surface area contributed by atoms with E-state index in [0.717, 1.165) is 22.3 Å². The van der Waals surface area contributed by atoms with E-state index < -0.39 is 41.9 Å². The first kappa shape index (κ1) is 23.2. The first-order chi connectivity index (χ1) is 16.4. The topological polar surface area (TPSA) is 143 Å². The Bertz CT molecular complexity index is 1070. The molecule has 0 spiro atoms. The van der Waals surface area contributed by atoms with Gasteiger partial charge in [0, 0.05) is 19.6 Å². The molecule has 0 bridgehead atoms. The van der Waals surface area contributed by atoms with Gasteiger partial charge in [-0.2, -0.15) is 0 Å². The number of aliphatic carboxylic acids is 1. The van der Waals surface area contributed by atoms with Crippen LogP contribution in [0, 0.1) is 5.92 Å². The molecular formula is C24H25N3O7. The van der Waals surface area contributed by atoms with Crippen LogP contribution >= 0.6 is 0 Å². The predicted molar refractivity (Wildman–Crippen MR) is 120 cm³/mol. The number of hydrogen-bond donors (Lipinski definition) is 4. The van der Waals surface area contributed by atoms with E-state index in [-0.39, 0.29) is 25.7 Å². The van der Waals surface area contributed by atoms with Crippen molar-refractivity contribution >= 4 is 23.9 Å². The number of carboxylic acids is 1. The summed E-state index contributed by atoms with van der Waals surface area (Å²) in [5, 5.41) is 16.5. The van der Waals surface area contributed by atoms with Crippen LogP contribution in [0.2, 0.25) is 0 Å². The number of carboxylic acid groups (broad SMARTS) is 1. The van der Waals surface area contributed by atoms with Crippen LogP contribution in [0.3, 0.4) is 0 Å². The van der Waals surface area contributed by atoms with Crippen LogP contribution < -0.4 is 16.0 Å². The van der Waals surface area contributed by atoms with Gasteiger partial charge < -0.3 is 30.5 Å². The van der Waals surface area contributed by atoms with Crippen molar-refractivity contribution in [2.45, 2.75) is 18.0 Å². The minimum Gasteiger partial charge on any atom is -0.481 e. The Morgan fingerprint density at radius 3 is 2.29 bits per heavy atom. The van der Waals surface area contributed by atoms with E-state index in [1.54, 1.807) is 0 Å². The highest BCUT2D eigenvalue weighted by atomic mass is 16.5. The largest absolute Gasteiger partial charge is 0.481 e. The summed E-state index contributed by atoms with van der Waals surface area (Å²) >= 11 is 0. The summed E-state index contributed by atoms with van der Waals surface area (Å²) < 4.78 is 10.5. The zero-order valence-corrected chi connectivity index (χ0v) is 18.4. The molecule has 4 N–H and O–H groups in total. The number of benzene rings is 2. The van der Waals surface area contributed by atoms with E-state index in [2.05, 4.69) is 16.0 Å². The number of amides is 3. The molecule has 2 unspecified atom stereocenters. The second-order valence-corrected chi connectivity index (χ2v) is 8.15. The fourth-order valence-corrected chi connectivity index (χ4v) is 4.40. The van der Waals surface area contributed by atoms with Crippen LogP contribution in [0.5, 0.6) is 0 Å². The lowest BCUT2D eigenvalue weighted by atomic mass is 9.98. The van der Waals surface area contributed by atoms with Gasteiger partial charge in [0.05, 0.1) is 6.61 Å². The fourth-order valence-electron chi connectivity index (χ4n) is 4.40. The summed E-state index contributed by atoms with van der Waals surface area (Å²) in [7, 11) is 1.35. The lowest BCUT2D eigenvalue weighted by molar-refractivity contribution is -0.143. The average molecular weight is 467 g/mol. The first-order valence-corrected chi connectivity index (χ1v) is 10.8. The minimum absolute atomic E-state index is 0.0628. The smallest absolute Gasteiger partial charge is 0.407 e. The van der Waals surface area contributed by atoms with Crippen molar-refractivity contribution in [2.75, 3.05) is 26.9 Å². The van der Waals surface area contributed by atoms with Crippen molar-refractivity contribution in [1.82, 2.24) is 16.0 Å². The van der Waals surface area contributed by atoms with Gasteiger partial charge >= 0.3 is 12.1 Å². The third-order valence-corrected chi connectivity index (χ3v) is 6.08. The van der Waals surface area contributed by atoms with Crippen LogP contribution in [0.15, 0.2) is 48.5 Å². The number of alkyl carbamates (subject to hydrolysis) is 1. The number of hydrogen-bond acceptors (Lipinski definition) is 6. The molecule has 2 aromatic rings. The molecule has 4 rings (SSSR count). The molecular weight excluding hydrogens is 442 g/mol. The average Bonchev–Trinajstić information content (AvgIpc) is 3.35. The summed E-state index contributed by atoms with van der Waals surface area (Å²) in [5.41, 5.74) is 4.28. The molecule has 1 fully saturated rings. The molecule has 0 saturated carbocycles. The van der Waals surface area contributed by atoms with Crippen molar-refractivity contribution < 1.29 is 33.8 Å². The summed E-state index contributed by atoms with van der Waals surface area (Å²) in [6, 6.07) is 13.4. The Kier molecular flexibility index (Phi) is 6.78. The Balaban J connectivity index is 1.39. The van der Waals surface area contributed by atoms with Gasteiger partial charge in [-0.1, -0.05) is 48.5 Å². The van der Waals surface area contributed by atoms with Gasteiger partial charge in [-0.05, 0) is 22.3 Å². The van der Waals surface area contributed by atoms with E-state index >= 15 is 0 Å². The van der Waals surface area contributed by atoms with Crippen molar-refractivity contribution in [3.05, 3.63) is 59.7 Å². The van der Waals surface area contributed by atoms with Crippen molar-refractivity contribution in [3.8, 4) is 11.1 Å². The minimum atomic E-state index is -1.24. The Morgan fingerprint density at radius 1 is 1.09 bits per heavy atom. The van der Waals surface area contributed by atoms with Crippen molar-refractivity contribution in [1.29, 1.82) is 0 Å². The third-order valence-electron chi connectivity index (χ3n) is 6.08. The Morgan fingerprint density at radius 2 is 1.71 bits per heavy atom. The van der Waals surface area contributed by atoms with Crippen molar-refractivity contribution in [2.24, 2.45) is 5.92 Å². The van der Waals surface area contributed by atoms with E-state index in [4.69, 9.17) is 9.47 Å². The second kappa shape index (κ2) is 9.92. The number of nitrogens with one attached hydrogen (secondary N) is 3. The summed E-state index contributed by atoms with van der Waals surface area (Å²) in [4.78, 5) is 48.5. The van der Waals surface area contributed by atoms with E-state index in [9.17, 15) is 24.3 Å². The molecule has 1 aliphatic carbocycles. The lowest BCUT2D eigenvalue weighted by Crippen LogP contribution is -2.55. The molecule has 178 valence electrons. The van der Waals surface area contributed by atoms with Crippen molar-refractivity contribution in [3.63, 3.8) is 0 Å². The molecule has 2 aliphatic rings. The number of methoxy groups -OCH3 is 1. The zero-order chi connectivity index (χ0) is 24.2. The number of ether oxygens (including phenoxy) is 2. The van der Waals surface area contributed by atoms with E-state index in [1.807, 2.05) is 48.5 Å². The highest BCUT2D eigenvalue weighted by Crippen LogP contribution is 2.44. The van der Waals surface area contributed by atoms with E-state index in [0.29, 0.717) is 0 Å². The fraction of sp³-hybridized carbons (Fsp3) is 0.333. The number of carbonyl (C=O) groups is 4. The SMILES string of the molecule is COC[C@H](NC(=O)OCC1c2ccccc2-c2ccccc21)C(=O)NC1C(=O)NCC1C(=O)O. The standard InChI is InChI=1S/C24H25N3O7/c1-33-12-19(21(28)27-20-17(23(30)31)10-25-22(20)29)26-24(32)34-11-18-15-8-4-2-6-13(15)14-7-3-5-9-16(14)18/h2-9,17-20H,10-12H2,1H3,(H,25,29)(H,26,32)(H,27,28)(H,30,31)/t17?,19-,20?/m0/s1. The van der Waals surface area contributed by atoms with Gasteiger partial charge in [0.15, 0.2) is 0 Å². The maximum Gasteiger partial charge on any atom is 0.407 e. The van der Waals surface area contributed by atoms with Gasteiger partial charge in [0.25, 0.3) is 0 Å². The summed E-state index contributed by atoms with van der Waals surface area (Å²) in [5.74, 6) is -3.81. The van der Waals surface area contributed by atoms with Crippen LogP contribution in [-0.4, -0.2) is 67.9 Å². The summed E-state index contributed by atoms with van der Waals surface area (Å²) in [6.45, 7) is -0.219. The quantitative estimate of drug-likeness (QED) is 0.451. The maximum absolute atomic E-state index is 12.7. The normalized spacial score (nSPS) is 19.5. The molecule has 3 atom stereocenters. The zero-order valence-electron chi connectivity index (χ0n) is 18.4. The predicted octanol–water partition coefficient (Wildman–Crippen LogP) is 0.856. The summed E-state index contributed by atoms with van der Waals surface area (Å²) in [6.07, 6.45) is -0.829. The molecule has 2 aromatic carbocycles. The molecule has 34 heavy (non-hydrogen) atoms. The molecule has 10 heteroatoms. The van der Waals surface area contributed by atoms with Crippen LogP contribution in [0.1, 0.15) is 17.0 Å². The number of rotatable bonds is 8. The molecule has 3 amide bonds. The molecule has 0 aromatic heterocycles. The Hall–Kier alpha value is -3.92. The molecule has 10 nitrogen and oxygen atoms in total. The molecule has 1 aliphatic heterocycles. The monoisotopic (exact) mass is 467 g/mol. The number of fused-ring (bicyclic) bond motifs is 3. The van der Waals surface area contributed by atoms with Gasteiger partial charge in [0.2, 0.25) is 11.8 Å². The van der Waals surface area contributed by atoms with Crippen LogP contribution in [0.4, 0.5) is 4.79 Å². The third kappa shape index (κ3) is 4.58. The van der Waals surface area contributed by atoms with E-state index in [1.165, 1.54) is 7.11 Å². The van der Waals surface area contributed by atoms with Crippen LogP contribution in [-0.2, 0) is 23.9 Å². The van der Waals surface area contributed by atoms with Gasteiger partial charge in [-0.15, -0.1) is 0 Å².